The largest absolute Gasteiger partial charge is 0.328 e. The van der Waals surface area contributed by atoms with Crippen LogP contribution >= 0.6 is 0 Å². The summed E-state index contributed by atoms with van der Waals surface area (Å²) in [4.78, 5) is 14.4. The number of carbonyl (C=O) groups is 1. The van der Waals surface area contributed by atoms with Gasteiger partial charge in [0.2, 0.25) is 5.91 Å². The average Bonchev–Trinajstić information content (AvgIpc) is 2.66. The summed E-state index contributed by atoms with van der Waals surface area (Å²) in [5.74, 6) is 0.103. The quantitative estimate of drug-likeness (QED) is 0.786. The zero-order valence-electron chi connectivity index (χ0n) is 10.6. The number of hydrogen-bond acceptors (Lipinski definition) is 3. The SMILES string of the molecule is Cc1ccc2c(c1)C(N1CCC(N)CC1)C(=O)N2. The van der Waals surface area contributed by atoms with Crippen LogP contribution in [0.2, 0.25) is 0 Å². The van der Waals surface area contributed by atoms with Crippen LogP contribution in [0.15, 0.2) is 18.2 Å². The summed E-state index contributed by atoms with van der Waals surface area (Å²) in [6.45, 7) is 3.88. The van der Waals surface area contributed by atoms with E-state index >= 15 is 0 Å². The summed E-state index contributed by atoms with van der Waals surface area (Å²) < 4.78 is 0. The highest BCUT2D eigenvalue weighted by molar-refractivity contribution is 6.02. The highest BCUT2D eigenvalue weighted by Crippen LogP contribution is 2.36. The van der Waals surface area contributed by atoms with Gasteiger partial charge >= 0.3 is 0 Å². The summed E-state index contributed by atoms with van der Waals surface area (Å²) in [7, 11) is 0. The van der Waals surface area contributed by atoms with Crippen molar-refractivity contribution in [3.8, 4) is 0 Å². The van der Waals surface area contributed by atoms with Crippen LogP contribution in [0.3, 0.4) is 0 Å². The Labute approximate surface area is 107 Å². The Hall–Kier alpha value is -1.39. The number of benzene rings is 1. The highest BCUT2D eigenvalue weighted by Gasteiger charge is 2.36. The van der Waals surface area contributed by atoms with Crippen LogP contribution in [0.4, 0.5) is 5.69 Å². The molecular formula is C14H19N3O. The van der Waals surface area contributed by atoms with Gasteiger partial charge in [-0.1, -0.05) is 17.7 Å². The van der Waals surface area contributed by atoms with Gasteiger partial charge in [-0.15, -0.1) is 0 Å². The van der Waals surface area contributed by atoms with Gasteiger partial charge in [-0.3, -0.25) is 9.69 Å². The molecule has 18 heavy (non-hydrogen) atoms. The first-order chi connectivity index (χ1) is 8.65. The summed E-state index contributed by atoms with van der Waals surface area (Å²) in [6.07, 6.45) is 1.95. The molecular weight excluding hydrogens is 226 g/mol. The number of hydrogen-bond donors (Lipinski definition) is 2. The Balaban J connectivity index is 1.89. The van der Waals surface area contributed by atoms with Crippen LogP contribution in [0.25, 0.3) is 0 Å². The van der Waals surface area contributed by atoms with Crippen LogP contribution in [-0.2, 0) is 4.79 Å². The lowest BCUT2D eigenvalue weighted by molar-refractivity contribution is -0.121. The van der Waals surface area contributed by atoms with Crippen LogP contribution in [0, 0.1) is 6.92 Å². The second kappa shape index (κ2) is 4.37. The van der Waals surface area contributed by atoms with Gasteiger partial charge in [-0.05, 0) is 25.8 Å². The van der Waals surface area contributed by atoms with Gasteiger partial charge in [0.15, 0.2) is 0 Å². The smallest absolute Gasteiger partial charge is 0.246 e. The van der Waals surface area contributed by atoms with E-state index < -0.39 is 0 Å². The lowest BCUT2D eigenvalue weighted by Crippen LogP contribution is -2.43. The Kier molecular flexibility index (Phi) is 2.84. The zero-order chi connectivity index (χ0) is 12.7. The number of amides is 1. The third-order valence-corrected chi connectivity index (χ3v) is 3.95. The van der Waals surface area contributed by atoms with Gasteiger partial charge in [-0.2, -0.15) is 0 Å². The molecule has 3 rings (SSSR count). The van der Waals surface area contributed by atoms with Crippen molar-refractivity contribution in [3.63, 3.8) is 0 Å². The van der Waals surface area contributed by atoms with Crippen molar-refractivity contribution in [2.24, 2.45) is 5.73 Å². The first-order valence-electron chi connectivity index (χ1n) is 6.56. The Bertz CT molecular complexity index is 478. The van der Waals surface area contributed by atoms with Crippen molar-refractivity contribution >= 4 is 11.6 Å². The number of rotatable bonds is 1. The van der Waals surface area contributed by atoms with Crippen LogP contribution in [-0.4, -0.2) is 29.9 Å². The zero-order valence-corrected chi connectivity index (χ0v) is 10.6. The van der Waals surface area contributed by atoms with Crippen molar-refractivity contribution < 1.29 is 4.79 Å². The van der Waals surface area contributed by atoms with Crippen LogP contribution < -0.4 is 11.1 Å². The van der Waals surface area contributed by atoms with Crippen LogP contribution in [0.5, 0.6) is 0 Å². The molecule has 1 amide bonds. The lowest BCUT2D eigenvalue weighted by atomic mass is 9.99. The normalized spacial score (nSPS) is 25.0. The third kappa shape index (κ3) is 1.91. The Morgan fingerprint density at radius 1 is 1.33 bits per heavy atom. The molecule has 3 N–H and O–H groups in total. The minimum Gasteiger partial charge on any atom is -0.328 e. The third-order valence-electron chi connectivity index (χ3n) is 3.95. The van der Waals surface area contributed by atoms with Crippen molar-refractivity contribution in [2.75, 3.05) is 18.4 Å². The number of anilines is 1. The average molecular weight is 245 g/mol. The molecule has 2 aliphatic rings. The van der Waals surface area contributed by atoms with E-state index in [0.29, 0.717) is 6.04 Å². The topological polar surface area (TPSA) is 58.4 Å². The summed E-state index contributed by atoms with van der Waals surface area (Å²) in [5.41, 5.74) is 9.20. The maximum Gasteiger partial charge on any atom is 0.246 e. The molecule has 1 unspecified atom stereocenters. The molecule has 2 aliphatic heterocycles. The molecule has 4 nitrogen and oxygen atoms in total. The molecule has 0 aromatic heterocycles. The number of nitrogens with zero attached hydrogens (tertiary/aromatic N) is 1. The molecule has 0 bridgehead atoms. The van der Waals surface area contributed by atoms with E-state index in [0.717, 1.165) is 37.2 Å². The molecule has 1 fully saturated rings. The van der Waals surface area contributed by atoms with E-state index in [1.54, 1.807) is 0 Å². The number of nitrogens with one attached hydrogen (secondary N) is 1. The number of piperidine rings is 1. The van der Waals surface area contributed by atoms with Crippen molar-refractivity contribution in [2.45, 2.75) is 31.8 Å². The van der Waals surface area contributed by atoms with Crippen molar-refractivity contribution in [3.05, 3.63) is 29.3 Å². The molecule has 0 aliphatic carbocycles. The van der Waals surface area contributed by atoms with E-state index in [1.807, 2.05) is 12.1 Å². The predicted octanol–water partition coefficient (Wildman–Crippen LogP) is 1.41. The van der Waals surface area contributed by atoms with Gasteiger partial charge < -0.3 is 11.1 Å². The fourth-order valence-electron chi connectivity index (χ4n) is 2.90. The maximum atomic E-state index is 12.1. The minimum atomic E-state index is -0.118. The summed E-state index contributed by atoms with van der Waals surface area (Å²) in [6, 6.07) is 6.33. The molecule has 0 saturated carbocycles. The number of likely N-dealkylation sites (tertiary alicyclic amines) is 1. The Morgan fingerprint density at radius 2 is 2.06 bits per heavy atom. The van der Waals surface area contributed by atoms with Gasteiger partial charge in [0.25, 0.3) is 0 Å². The molecule has 1 aromatic rings. The molecule has 0 radical (unpaired) electrons. The van der Waals surface area contributed by atoms with E-state index in [1.165, 1.54) is 5.56 Å². The monoisotopic (exact) mass is 245 g/mol. The second-order valence-electron chi connectivity index (χ2n) is 5.36. The minimum absolute atomic E-state index is 0.103. The number of nitrogens with two attached hydrogens (primary N) is 1. The van der Waals surface area contributed by atoms with Crippen molar-refractivity contribution in [1.82, 2.24) is 4.90 Å². The maximum absolute atomic E-state index is 12.1. The fraction of sp³-hybridized carbons (Fsp3) is 0.500. The van der Waals surface area contributed by atoms with Gasteiger partial charge in [0.05, 0.1) is 0 Å². The van der Waals surface area contributed by atoms with Gasteiger partial charge in [0, 0.05) is 30.4 Å². The first kappa shape index (κ1) is 11.7. The molecule has 4 heteroatoms. The molecule has 1 atom stereocenters. The van der Waals surface area contributed by atoms with E-state index in [-0.39, 0.29) is 11.9 Å². The predicted molar refractivity (Wildman–Crippen MR) is 71.3 cm³/mol. The summed E-state index contributed by atoms with van der Waals surface area (Å²) in [5, 5.41) is 2.97. The fourth-order valence-corrected chi connectivity index (χ4v) is 2.90. The molecule has 96 valence electrons. The second-order valence-corrected chi connectivity index (χ2v) is 5.36. The standard InChI is InChI=1S/C14H19N3O/c1-9-2-3-12-11(8-9)13(14(18)16-12)17-6-4-10(15)5-7-17/h2-3,8,10,13H,4-7,15H2,1H3,(H,16,18). The number of aryl methyl sites for hydroxylation is 1. The van der Waals surface area contributed by atoms with E-state index in [4.69, 9.17) is 5.73 Å². The Morgan fingerprint density at radius 3 is 2.78 bits per heavy atom. The molecule has 2 heterocycles. The molecule has 0 spiro atoms. The van der Waals surface area contributed by atoms with E-state index in [2.05, 4.69) is 23.2 Å². The molecule has 1 aromatic carbocycles. The van der Waals surface area contributed by atoms with Crippen LogP contribution in [0.1, 0.15) is 30.0 Å². The van der Waals surface area contributed by atoms with Gasteiger partial charge in [-0.25, -0.2) is 0 Å². The van der Waals surface area contributed by atoms with Gasteiger partial charge in [0.1, 0.15) is 6.04 Å². The number of carbonyl (C=O) groups excluding carboxylic acids is 1. The lowest BCUT2D eigenvalue weighted by Gasteiger charge is -2.33. The number of fused-ring (bicyclic) bond motifs is 1. The summed E-state index contributed by atoms with van der Waals surface area (Å²) >= 11 is 0. The van der Waals surface area contributed by atoms with Crippen molar-refractivity contribution in [1.29, 1.82) is 0 Å². The first-order valence-corrected chi connectivity index (χ1v) is 6.56. The highest BCUT2D eigenvalue weighted by atomic mass is 16.2. The van der Waals surface area contributed by atoms with E-state index in [9.17, 15) is 4.79 Å². The molecule has 1 saturated heterocycles.